The molecule has 0 saturated carbocycles. The Hall–Kier alpha value is -0.850. The van der Waals surface area contributed by atoms with E-state index in [1.165, 1.54) is 0 Å². The van der Waals surface area contributed by atoms with E-state index in [-0.39, 0.29) is 0 Å². The Labute approximate surface area is 78.4 Å². The molecule has 0 atom stereocenters. The fraction of sp³-hybridized carbons (Fsp3) is 0.857. The molecule has 76 valence electrons. The van der Waals surface area contributed by atoms with Crippen molar-refractivity contribution in [3.63, 3.8) is 0 Å². The lowest BCUT2D eigenvalue weighted by Gasteiger charge is -2.17. The molecule has 6 heteroatoms. The van der Waals surface area contributed by atoms with Crippen LogP contribution < -0.4 is 22.6 Å². The van der Waals surface area contributed by atoms with E-state index in [0.717, 1.165) is 12.8 Å². The Balaban J connectivity index is 3.66. The van der Waals surface area contributed by atoms with E-state index in [4.69, 9.17) is 17.2 Å². The van der Waals surface area contributed by atoms with Gasteiger partial charge in [0.2, 0.25) is 0 Å². The summed E-state index contributed by atoms with van der Waals surface area (Å²) in [5.41, 5.74) is 20.8. The summed E-state index contributed by atoms with van der Waals surface area (Å²) in [6.45, 7) is 2.34. The molecule has 0 aromatic rings. The van der Waals surface area contributed by atoms with Crippen molar-refractivity contribution in [2.75, 3.05) is 26.2 Å². The molecule has 0 aliphatic heterocycles. The molecule has 5 N–H and O–H groups in total. The summed E-state index contributed by atoms with van der Waals surface area (Å²) in [6, 6.07) is -0.922. The molecule has 0 aliphatic rings. The minimum Gasteiger partial charge on any atom is -0.330 e. The van der Waals surface area contributed by atoms with Crippen LogP contribution in [0.15, 0.2) is 0 Å². The number of carbonyl (C=O) groups is 1. The van der Waals surface area contributed by atoms with Gasteiger partial charge >= 0.3 is 6.03 Å². The normalized spacial score (nSPS) is 10.4. The van der Waals surface area contributed by atoms with Crippen molar-refractivity contribution >= 4 is 6.03 Å². The van der Waals surface area contributed by atoms with Crippen LogP contribution in [0.25, 0.3) is 0 Å². The molecule has 0 fully saturated rings. The third-order valence-corrected chi connectivity index (χ3v) is 1.47. The number of carbonyl (C=O) groups excluding carboxylic acids is 1. The van der Waals surface area contributed by atoms with Crippen LogP contribution in [-0.4, -0.2) is 37.2 Å². The van der Waals surface area contributed by atoms with Gasteiger partial charge in [0.25, 0.3) is 0 Å². The van der Waals surface area contributed by atoms with Crippen molar-refractivity contribution < 1.29 is 4.79 Å². The lowest BCUT2D eigenvalue weighted by Crippen LogP contribution is -2.38. The lowest BCUT2D eigenvalue weighted by molar-refractivity contribution is 0.175. The van der Waals surface area contributed by atoms with Gasteiger partial charge in [0.15, 0.2) is 0 Å². The summed E-state index contributed by atoms with van der Waals surface area (Å²) in [5.74, 6) is 0. The molecule has 0 bridgehead atoms. The number of nitrogens with zero attached hydrogens (tertiary/aromatic N) is 2. The van der Waals surface area contributed by atoms with Crippen LogP contribution in [0.4, 0.5) is 4.79 Å². The van der Waals surface area contributed by atoms with Crippen LogP contribution in [0.1, 0.15) is 12.8 Å². The Morgan fingerprint density at radius 1 is 1.23 bits per heavy atom. The maximum atomic E-state index is 10.4. The maximum Gasteiger partial charge on any atom is 0.371 e. The maximum absolute atomic E-state index is 10.4. The highest BCUT2D eigenvalue weighted by Crippen LogP contribution is 1.90. The predicted octanol–water partition coefficient (Wildman–Crippen LogP) is -1.09. The zero-order valence-corrected chi connectivity index (χ0v) is 7.70. The Morgan fingerprint density at radius 3 is 2.00 bits per heavy atom. The summed E-state index contributed by atoms with van der Waals surface area (Å²) >= 11 is 0. The topological polar surface area (TPSA) is 110 Å². The highest BCUT2D eigenvalue weighted by Gasteiger charge is 2.07. The third-order valence-electron chi connectivity index (χ3n) is 1.47. The Bertz CT molecular complexity index is 133. The fourth-order valence-corrected chi connectivity index (χ4v) is 0.888. The molecule has 2 amide bonds. The highest BCUT2D eigenvalue weighted by molar-refractivity contribution is 5.69. The number of nitrogens with two attached hydrogens (primary N) is 2. The molecular formula is C7H17N5O. The molecule has 13 heavy (non-hydrogen) atoms. The van der Waals surface area contributed by atoms with Gasteiger partial charge in [-0.1, -0.05) is 0 Å². The van der Waals surface area contributed by atoms with Crippen LogP contribution >= 0.6 is 0 Å². The summed E-state index contributed by atoms with van der Waals surface area (Å²) in [6.07, 6.45) is 1.53. The smallest absolute Gasteiger partial charge is 0.330 e. The zero-order valence-electron chi connectivity index (χ0n) is 7.70. The van der Waals surface area contributed by atoms with E-state index < -0.39 is 6.03 Å². The first-order valence-corrected chi connectivity index (χ1v) is 4.33. The van der Waals surface area contributed by atoms with E-state index in [1.807, 2.05) is 0 Å². The third kappa shape index (κ3) is 7.51. The minimum atomic E-state index is -0.922. The van der Waals surface area contributed by atoms with Crippen LogP contribution in [0.2, 0.25) is 0 Å². The molecule has 0 aliphatic carbocycles. The second kappa shape index (κ2) is 7.78. The number of rotatable bonds is 7. The average Bonchev–Trinajstić information content (AvgIpc) is 2.09. The number of hydrogen-bond acceptors (Lipinski definition) is 4. The SMILES string of the molecule is [NH]C(=O)[N]N(CCCN)CCCN. The first-order chi connectivity index (χ1) is 6.20. The van der Waals surface area contributed by atoms with E-state index in [2.05, 4.69) is 5.43 Å². The van der Waals surface area contributed by atoms with Gasteiger partial charge in [-0.3, -0.25) is 0 Å². The van der Waals surface area contributed by atoms with Gasteiger partial charge in [0.1, 0.15) is 0 Å². The first-order valence-electron chi connectivity index (χ1n) is 4.33. The van der Waals surface area contributed by atoms with Crippen molar-refractivity contribution in [3.05, 3.63) is 0 Å². The second-order valence-electron chi connectivity index (χ2n) is 2.64. The Kier molecular flexibility index (Phi) is 7.27. The van der Waals surface area contributed by atoms with Crippen molar-refractivity contribution in [1.29, 1.82) is 0 Å². The van der Waals surface area contributed by atoms with E-state index in [0.29, 0.717) is 26.2 Å². The van der Waals surface area contributed by atoms with Crippen molar-refractivity contribution in [3.8, 4) is 0 Å². The molecular weight excluding hydrogens is 170 g/mol. The van der Waals surface area contributed by atoms with Gasteiger partial charge in [-0.15, -0.1) is 5.43 Å². The molecule has 0 spiro atoms. The van der Waals surface area contributed by atoms with E-state index in [1.54, 1.807) is 5.01 Å². The molecule has 0 aromatic heterocycles. The number of nitrogens with one attached hydrogen (secondary N) is 1. The van der Waals surface area contributed by atoms with Gasteiger partial charge in [0.05, 0.1) is 0 Å². The molecule has 0 rings (SSSR count). The number of hydrogen-bond donors (Lipinski definition) is 2. The van der Waals surface area contributed by atoms with Crippen molar-refractivity contribution in [2.45, 2.75) is 12.8 Å². The van der Waals surface area contributed by atoms with Gasteiger partial charge < -0.3 is 11.5 Å². The standard InChI is InChI=1S/C7H17N5O/c8-3-1-5-12(6-2-4-9)11-7(10)13/h10H,1-6,8-9H2. The van der Waals surface area contributed by atoms with E-state index in [9.17, 15) is 4.79 Å². The molecule has 0 unspecified atom stereocenters. The van der Waals surface area contributed by atoms with E-state index >= 15 is 0 Å². The molecule has 6 nitrogen and oxygen atoms in total. The minimum absolute atomic E-state index is 0.556. The van der Waals surface area contributed by atoms with Crippen LogP contribution in [-0.2, 0) is 0 Å². The quantitative estimate of drug-likeness (QED) is 0.493. The summed E-state index contributed by atoms with van der Waals surface area (Å²) < 4.78 is 0. The molecule has 2 radical (unpaired) electrons. The summed E-state index contributed by atoms with van der Waals surface area (Å²) in [5, 5.41) is 1.55. The number of amides is 2. The zero-order chi connectivity index (χ0) is 10.1. The monoisotopic (exact) mass is 187 g/mol. The predicted molar refractivity (Wildman–Crippen MR) is 49.5 cm³/mol. The summed E-state index contributed by atoms with van der Waals surface area (Å²) in [4.78, 5) is 10.4. The van der Waals surface area contributed by atoms with Crippen molar-refractivity contribution in [2.24, 2.45) is 11.5 Å². The average molecular weight is 187 g/mol. The van der Waals surface area contributed by atoms with Gasteiger partial charge in [-0.05, 0) is 25.9 Å². The summed E-state index contributed by atoms with van der Waals surface area (Å²) in [7, 11) is 0. The lowest BCUT2D eigenvalue weighted by atomic mass is 10.3. The molecule has 0 saturated heterocycles. The fourth-order valence-electron chi connectivity index (χ4n) is 0.888. The number of urea groups is 1. The molecule has 0 aromatic carbocycles. The van der Waals surface area contributed by atoms with Gasteiger partial charge in [-0.2, -0.15) is 5.01 Å². The first kappa shape index (κ1) is 12.2. The van der Waals surface area contributed by atoms with Gasteiger partial charge in [-0.25, -0.2) is 10.5 Å². The Morgan fingerprint density at radius 2 is 1.69 bits per heavy atom. The van der Waals surface area contributed by atoms with Crippen LogP contribution in [0.3, 0.4) is 0 Å². The van der Waals surface area contributed by atoms with Crippen LogP contribution in [0, 0.1) is 0 Å². The molecule has 0 heterocycles. The highest BCUT2D eigenvalue weighted by atomic mass is 16.2. The van der Waals surface area contributed by atoms with Gasteiger partial charge in [0, 0.05) is 13.1 Å². The second-order valence-corrected chi connectivity index (χ2v) is 2.64. The largest absolute Gasteiger partial charge is 0.371 e. The van der Waals surface area contributed by atoms with Crippen LogP contribution in [0.5, 0.6) is 0 Å². The van der Waals surface area contributed by atoms with Crippen molar-refractivity contribution in [1.82, 2.24) is 16.2 Å².